The molecule has 0 spiro atoms. The number of hydrogen-bond donors (Lipinski definition) is 3. The van der Waals surface area contributed by atoms with Gasteiger partial charge in [0.1, 0.15) is 34.5 Å². The fraction of sp³-hybridized carbons (Fsp3) is 0.140. The minimum Gasteiger partial charge on any atom is -0.508 e. The van der Waals surface area contributed by atoms with Crippen molar-refractivity contribution >= 4 is 17.9 Å². The van der Waals surface area contributed by atoms with Crippen molar-refractivity contribution in [2.75, 3.05) is 0 Å². The Morgan fingerprint density at radius 1 is 0.475 bits per heavy atom. The van der Waals surface area contributed by atoms with Gasteiger partial charge in [0.15, 0.2) is 0 Å². The van der Waals surface area contributed by atoms with Crippen LogP contribution in [-0.4, -0.2) is 33.2 Å². The van der Waals surface area contributed by atoms with Gasteiger partial charge in [-0.1, -0.05) is 75.4 Å². The molecular weight excluding hydrogens is 745 g/mol. The number of rotatable bonds is 11. The number of hydrogen-bond acceptors (Lipinski definition) is 9. The molecule has 0 heterocycles. The van der Waals surface area contributed by atoms with Crippen LogP contribution < -0.4 is 9.47 Å². The summed E-state index contributed by atoms with van der Waals surface area (Å²) in [5.74, 6) is -0.276. The summed E-state index contributed by atoms with van der Waals surface area (Å²) in [6, 6.07) is 41.0. The molecule has 9 heteroatoms. The number of ether oxygens (including phenoxy) is 3. The molecule has 0 radical (unpaired) electrons. The molecule has 1 aliphatic carbocycles. The smallest absolute Gasteiger partial charge is 0.343 e. The molecule has 0 bridgehead atoms. The first-order chi connectivity index (χ1) is 28.3. The topological polar surface area (TPSA) is 140 Å². The third-order valence-electron chi connectivity index (χ3n) is 11.0. The first-order valence-electron chi connectivity index (χ1n) is 19.0. The lowest BCUT2D eigenvalue weighted by molar-refractivity contribution is 0.0632. The first kappa shape index (κ1) is 39.8. The van der Waals surface area contributed by atoms with Crippen LogP contribution in [0.15, 0.2) is 170 Å². The molecule has 7 rings (SSSR count). The van der Waals surface area contributed by atoms with E-state index >= 15 is 0 Å². The minimum absolute atomic E-state index is 0.0535. The third kappa shape index (κ3) is 8.79. The lowest BCUT2D eigenvalue weighted by atomic mass is 9.65. The molecule has 59 heavy (non-hydrogen) atoms. The quantitative estimate of drug-likeness (QED) is 0.0865. The Morgan fingerprint density at radius 2 is 0.814 bits per heavy atom. The maximum Gasteiger partial charge on any atom is 0.343 e. The van der Waals surface area contributed by atoms with Crippen molar-refractivity contribution in [3.8, 4) is 28.7 Å². The van der Waals surface area contributed by atoms with E-state index in [0.717, 1.165) is 22.3 Å². The zero-order valence-corrected chi connectivity index (χ0v) is 32.7. The lowest BCUT2D eigenvalue weighted by Crippen LogP contribution is -2.33. The molecular formula is C50H42O9. The second-order valence-corrected chi connectivity index (χ2v) is 15.1. The van der Waals surface area contributed by atoms with Crippen molar-refractivity contribution in [1.29, 1.82) is 0 Å². The number of carbonyl (C=O) groups excluding carboxylic acids is 3. The number of allylic oxidation sites excluding steroid dienone is 3. The predicted molar refractivity (Wildman–Crippen MR) is 223 cm³/mol. The molecule has 2 atom stereocenters. The molecule has 296 valence electrons. The van der Waals surface area contributed by atoms with E-state index in [1.807, 2.05) is 42.5 Å². The molecule has 0 aromatic heterocycles. The number of aromatic hydroxyl groups is 3. The van der Waals surface area contributed by atoms with E-state index in [-0.39, 0.29) is 23.2 Å². The molecule has 6 aromatic rings. The van der Waals surface area contributed by atoms with Gasteiger partial charge in [-0.25, -0.2) is 14.4 Å². The van der Waals surface area contributed by atoms with Gasteiger partial charge in [0.2, 0.25) is 0 Å². The van der Waals surface area contributed by atoms with Gasteiger partial charge in [0, 0.05) is 10.8 Å². The summed E-state index contributed by atoms with van der Waals surface area (Å²) in [7, 11) is 0. The van der Waals surface area contributed by atoms with E-state index in [1.165, 1.54) is 72.8 Å². The Hall–Kier alpha value is -7.39. The average Bonchev–Trinajstić information content (AvgIpc) is 3.25. The van der Waals surface area contributed by atoms with Crippen molar-refractivity contribution in [2.45, 2.75) is 38.0 Å². The first-order valence-corrected chi connectivity index (χ1v) is 19.0. The Labute approximate surface area is 342 Å². The summed E-state index contributed by atoms with van der Waals surface area (Å²) in [6.45, 7) is 6.43. The molecule has 6 aromatic carbocycles. The second-order valence-electron chi connectivity index (χ2n) is 15.1. The number of carbonyl (C=O) groups is 3. The van der Waals surface area contributed by atoms with E-state index in [1.54, 1.807) is 24.3 Å². The normalized spacial score (nSPS) is 14.7. The Bertz CT molecular complexity index is 2520. The third-order valence-corrected chi connectivity index (χ3v) is 11.0. The van der Waals surface area contributed by atoms with Gasteiger partial charge in [-0.2, -0.15) is 0 Å². The van der Waals surface area contributed by atoms with Crippen LogP contribution in [0.3, 0.4) is 0 Å². The van der Waals surface area contributed by atoms with Crippen molar-refractivity contribution < 1.29 is 43.9 Å². The van der Waals surface area contributed by atoms with E-state index in [9.17, 15) is 29.7 Å². The van der Waals surface area contributed by atoms with E-state index in [4.69, 9.17) is 14.2 Å². The molecule has 0 saturated heterocycles. The SMILES string of the molecule is CC(C)(c1ccc(OC(=O)c2ccc(O)cc2)cc1)c1ccc(C(C)(c2ccc(OC(=O)c3ccc(O)cc3)cc2)C2C=CC(OC(=O)c3ccc(O)cc3)=CC2)cc1. The molecule has 0 saturated carbocycles. The Morgan fingerprint density at radius 3 is 1.19 bits per heavy atom. The van der Waals surface area contributed by atoms with E-state index in [0.29, 0.717) is 40.4 Å². The van der Waals surface area contributed by atoms with Crippen LogP contribution >= 0.6 is 0 Å². The highest BCUT2D eigenvalue weighted by Crippen LogP contribution is 2.45. The Kier molecular flexibility index (Phi) is 11.2. The van der Waals surface area contributed by atoms with Crippen molar-refractivity contribution in [3.63, 3.8) is 0 Å². The average molecular weight is 787 g/mol. The van der Waals surface area contributed by atoms with Crippen molar-refractivity contribution in [1.82, 2.24) is 0 Å². The molecule has 0 amide bonds. The lowest BCUT2D eigenvalue weighted by Gasteiger charge is -2.39. The molecule has 2 unspecified atom stereocenters. The predicted octanol–water partition coefficient (Wildman–Crippen LogP) is 10.2. The van der Waals surface area contributed by atoms with Gasteiger partial charge < -0.3 is 29.5 Å². The van der Waals surface area contributed by atoms with Crippen molar-refractivity contribution in [3.05, 3.63) is 209 Å². The second kappa shape index (κ2) is 16.6. The summed E-state index contributed by atoms with van der Waals surface area (Å²) < 4.78 is 16.9. The molecule has 1 aliphatic rings. The standard InChI is InChI=1S/C50H42O9/c1-49(2,36-14-26-43(27-15-36)57-46(54)32-4-20-40(51)21-5-32)35-10-12-37(13-11-35)50(3,38-16-28-44(29-17-38)58-47(55)33-6-22-41(52)23-7-33)39-18-30-45(31-19-39)59-48(56)34-8-24-42(53)25-9-34/h4-18,20-31,39,51-53H,19H2,1-3H3. The van der Waals surface area contributed by atoms with Crippen LogP contribution in [0.1, 0.15) is 80.5 Å². The molecule has 3 N–H and O–H groups in total. The Balaban J connectivity index is 1.13. The van der Waals surface area contributed by atoms with Crippen LogP contribution in [0.2, 0.25) is 0 Å². The molecule has 0 aliphatic heterocycles. The highest BCUT2D eigenvalue weighted by atomic mass is 16.5. The molecule has 9 nitrogen and oxygen atoms in total. The summed E-state index contributed by atoms with van der Waals surface area (Å²) in [5.41, 5.74) is 4.05. The van der Waals surface area contributed by atoms with Crippen LogP contribution in [0, 0.1) is 5.92 Å². The maximum absolute atomic E-state index is 12.8. The maximum atomic E-state index is 12.8. The number of benzene rings is 6. The van der Waals surface area contributed by atoms with Gasteiger partial charge in [0.05, 0.1) is 16.7 Å². The summed E-state index contributed by atoms with van der Waals surface area (Å²) >= 11 is 0. The summed E-state index contributed by atoms with van der Waals surface area (Å²) in [6.07, 6.45) is 6.31. The zero-order valence-electron chi connectivity index (χ0n) is 32.7. The van der Waals surface area contributed by atoms with Crippen LogP contribution in [0.4, 0.5) is 0 Å². The van der Waals surface area contributed by atoms with Crippen LogP contribution in [0.25, 0.3) is 0 Å². The fourth-order valence-corrected chi connectivity index (χ4v) is 7.20. The van der Waals surface area contributed by atoms with Crippen LogP contribution in [-0.2, 0) is 15.6 Å². The highest BCUT2D eigenvalue weighted by molar-refractivity contribution is 5.92. The van der Waals surface area contributed by atoms with Crippen LogP contribution in [0.5, 0.6) is 28.7 Å². The van der Waals surface area contributed by atoms with Crippen molar-refractivity contribution in [2.24, 2.45) is 5.92 Å². The number of esters is 3. The van der Waals surface area contributed by atoms with Gasteiger partial charge in [-0.05, 0) is 144 Å². The minimum atomic E-state index is -0.593. The van der Waals surface area contributed by atoms with Gasteiger partial charge >= 0.3 is 17.9 Å². The number of phenols is 3. The summed E-state index contributed by atoms with van der Waals surface area (Å²) in [4.78, 5) is 38.3. The molecule has 0 fully saturated rings. The largest absolute Gasteiger partial charge is 0.508 e. The van der Waals surface area contributed by atoms with Gasteiger partial charge in [0.25, 0.3) is 0 Å². The van der Waals surface area contributed by atoms with Gasteiger partial charge in [-0.3, -0.25) is 0 Å². The monoisotopic (exact) mass is 786 g/mol. The number of phenolic OH excluding ortho intramolecular Hbond substituents is 3. The fourth-order valence-electron chi connectivity index (χ4n) is 7.20. The van der Waals surface area contributed by atoms with Gasteiger partial charge in [-0.15, -0.1) is 0 Å². The van der Waals surface area contributed by atoms with E-state index in [2.05, 4.69) is 45.0 Å². The van der Waals surface area contributed by atoms with E-state index < -0.39 is 28.7 Å². The summed E-state index contributed by atoms with van der Waals surface area (Å²) in [5, 5.41) is 28.8. The highest BCUT2D eigenvalue weighted by Gasteiger charge is 2.38. The zero-order chi connectivity index (χ0) is 41.7.